The SMILES string of the molecule is O=C(CCCCCN1C(=O)C(=Cc2ccc3c(c2)OCO3)SC1=S)Nc1ccccc1C(=O)O. The standard InChI is InChI=1S/C24H22N2O6S2/c27-21(25-17-7-4-3-6-16(17)23(29)30)8-2-1-5-11-26-22(28)20(34-24(26)33)13-15-9-10-18-19(12-15)32-14-31-18/h3-4,6-7,9-10,12-13H,1-2,5,8,11,14H2,(H,25,27)(H,29,30). The fourth-order valence-electron chi connectivity index (χ4n) is 3.57. The van der Waals surface area contributed by atoms with Crippen molar-refractivity contribution >= 4 is 57.8 Å². The van der Waals surface area contributed by atoms with Gasteiger partial charge in [0, 0.05) is 13.0 Å². The number of hydrogen-bond acceptors (Lipinski definition) is 7. The van der Waals surface area contributed by atoms with E-state index in [1.165, 1.54) is 17.8 Å². The van der Waals surface area contributed by atoms with Crippen LogP contribution in [0.25, 0.3) is 6.08 Å². The molecule has 0 atom stereocenters. The van der Waals surface area contributed by atoms with E-state index in [4.69, 9.17) is 21.7 Å². The number of benzene rings is 2. The molecule has 0 aromatic heterocycles. The second-order valence-electron chi connectivity index (χ2n) is 7.66. The van der Waals surface area contributed by atoms with Crippen molar-refractivity contribution in [2.45, 2.75) is 25.7 Å². The number of carboxylic acid groups (broad SMARTS) is 1. The molecule has 4 rings (SSSR count). The highest BCUT2D eigenvalue weighted by molar-refractivity contribution is 8.26. The van der Waals surface area contributed by atoms with Crippen LogP contribution >= 0.6 is 24.0 Å². The van der Waals surface area contributed by atoms with Gasteiger partial charge in [0.25, 0.3) is 5.91 Å². The van der Waals surface area contributed by atoms with Crippen LogP contribution in [-0.2, 0) is 9.59 Å². The number of amides is 2. The number of para-hydroxylation sites is 1. The van der Waals surface area contributed by atoms with E-state index in [0.717, 1.165) is 12.0 Å². The van der Waals surface area contributed by atoms with Crippen molar-refractivity contribution in [3.63, 3.8) is 0 Å². The van der Waals surface area contributed by atoms with Crippen LogP contribution in [0.1, 0.15) is 41.6 Å². The number of anilines is 1. The second kappa shape index (κ2) is 10.7. The van der Waals surface area contributed by atoms with Crippen molar-refractivity contribution < 1.29 is 29.0 Å². The summed E-state index contributed by atoms with van der Waals surface area (Å²) >= 11 is 6.65. The van der Waals surface area contributed by atoms with Gasteiger partial charge in [-0.15, -0.1) is 0 Å². The fourth-order valence-corrected chi connectivity index (χ4v) is 4.88. The summed E-state index contributed by atoms with van der Waals surface area (Å²) in [7, 11) is 0. The molecule has 8 nitrogen and oxygen atoms in total. The first kappa shape index (κ1) is 23.8. The van der Waals surface area contributed by atoms with Crippen molar-refractivity contribution in [2.24, 2.45) is 0 Å². The molecule has 2 aromatic rings. The smallest absolute Gasteiger partial charge is 0.337 e. The summed E-state index contributed by atoms with van der Waals surface area (Å²) in [5, 5.41) is 11.8. The van der Waals surface area contributed by atoms with Gasteiger partial charge >= 0.3 is 5.97 Å². The van der Waals surface area contributed by atoms with E-state index in [9.17, 15) is 19.5 Å². The second-order valence-corrected chi connectivity index (χ2v) is 9.33. The highest BCUT2D eigenvalue weighted by atomic mass is 32.2. The first-order valence-electron chi connectivity index (χ1n) is 10.7. The molecular weight excluding hydrogens is 476 g/mol. The summed E-state index contributed by atoms with van der Waals surface area (Å²) in [6, 6.07) is 11.8. The van der Waals surface area contributed by atoms with Gasteiger partial charge in [0.2, 0.25) is 12.7 Å². The normalized spacial score (nSPS) is 15.8. The summed E-state index contributed by atoms with van der Waals surface area (Å²) in [6.45, 7) is 0.671. The van der Waals surface area contributed by atoms with Crippen molar-refractivity contribution in [2.75, 3.05) is 18.7 Å². The Bertz CT molecular complexity index is 1180. The van der Waals surface area contributed by atoms with Crippen LogP contribution in [0.15, 0.2) is 47.4 Å². The molecule has 0 saturated carbocycles. The number of carboxylic acids is 1. The van der Waals surface area contributed by atoms with Gasteiger partial charge in [0.15, 0.2) is 11.5 Å². The lowest BCUT2D eigenvalue weighted by molar-refractivity contribution is -0.122. The Morgan fingerprint density at radius 1 is 1.12 bits per heavy atom. The Hall–Kier alpha value is -3.37. The average Bonchev–Trinajstić information content (AvgIpc) is 3.38. The maximum atomic E-state index is 12.8. The third-order valence-electron chi connectivity index (χ3n) is 5.29. The molecule has 2 aliphatic rings. The Morgan fingerprint density at radius 3 is 2.74 bits per heavy atom. The topological polar surface area (TPSA) is 105 Å². The van der Waals surface area contributed by atoms with Crippen molar-refractivity contribution in [3.05, 3.63) is 58.5 Å². The van der Waals surface area contributed by atoms with E-state index in [0.29, 0.717) is 40.1 Å². The largest absolute Gasteiger partial charge is 0.478 e. The molecule has 1 saturated heterocycles. The summed E-state index contributed by atoms with van der Waals surface area (Å²) in [5.74, 6) is -0.127. The molecule has 2 aliphatic heterocycles. The zero-order chi connectivity index (χ0) is 24.1. The lowest BCUT2D eigenvalue weighted by atomic mass is 10.1. The summed E-state index contributed by atoms with van der Waals surface area (Å²) < 4.78 is 11.2. The number of hydrogen-bond donors (Lipinski definition) is 2. The van der Waals surface area contributed by atoms with E-state index >= 15 is 0 Å². The molecule has 0 unspecified atom stereocenters. The molecular formula is C24H22N2O6S2. The number of unbranched alkanes of at least 4 members (excludes halogenated alkanes) is 2. The van der Waals surface area contributed by atoms with E-state index < -0.39 is 5.97 Å². The lowest BCUT2D eigenvalue weighted by Crippen LogP contribution is -2.29. The van der Waals surface area contributed by atoms with E-state index in [1.54, 1.807) is 29.2 Å². The number of aromatic carboxylic acids is 1. The van der Waals surface area contributed by atoms with Gasteiger partial charge in [-0.3, -0.25) is 14.5 Å². The number of ether oxygens (including phenoxy) is 2. The van der Waals surface area contributed by atoms with E-state index in [1.807, 2.05) is 18.2 Å². The van der Waals surface area contributed by atoms with Gasteiger partial charge < -0.3 is 19.9 Å². The van der Waals surface area contributed by atoms with Crippen molar-refractivity contribution in [1.29, 1.82) is 0 Å². The van der Waals surface area contributed by atoms with Crippen molar-refractivity contribution in [1.82, 2.24) is 4.90 Å². The molecule has 2 heterocycles. The van der Waals surface area contributed by atoms with Crippen LogP contribution in [0.2, 0.25) is 0 Å². The third kappa shape index (κ3) is 5.57. The predicted octanol–water partition coefficient (Wildman–Crippen LogP) is 4.51. The molecule has 10 heteroatoms. The zero-order valence-corrected chi connectivity index (χ0v) is 19.7. The van der Waals surface area contributed by atoms with Crippen LogP contribution in [0.3, 0.4) is 0 Å². The quantitative estimate of drug-likeness (QED) is 0.296. The van der Waals surface area contributed by atoms with E-state index in [2.05, 4.69) is 5.32 Å². The summed E-state index contributed by atoms with van der Waals surface area (Å²) in [4.78, 5) is 38.4. The third-order valence-corrected chi connectivity index (χ3v) is 6.66. The van der Waals surface area contributed by atoms with Crippen LogP contribution in [0.5, 0.6) is 11.5 Å². The van der Waals surface area contributed by atoms with Crippen molar-refractivity contribution in [3.8, 4) is 11.5 Å². The summed E-state index contributed by atoms with van der Waals surface area (Å²) in [6.07, 6.45) is 4.09. The fraction of sp³-hybridized carbons (Fsp3) is 0.250. The Labute approximate surface area is 205 Å². The average molecular weight is 499 g/mol. The van der Waals surface area contributed by atoms with Gasteiger partial charge in [-0.1, -0.05) is 48.6 Å². The minimum atomic E-state index is -1.09. The predicted molar refractivity (Wildman–Crippen MR) is 133 cm³/mol. The van der Waals surface area contributed by atoms with Gasteiger partial charge in [-0.25, -0.2) is 4.79 Å². The minimum Gasteiger partial charge on any atom is -0.478 e. The van der Waals surface area contributed by atoms with Crippen LogP contribution in [0.4, 0.5) is 5.69 Å². The molecule has 2 N–H and O–H groups in total. The van der Waals surface area contributed by atoms with Gasteiger partial charge in [0.1, 0.15) is 4.32 Å². The molecule has 0 spiro atoms. The monoisotopic (exact) mass is 498 g/mol. The lowest BCUT2D eigenvalue weighted by Gasteiger charge is -2.14. The van der Waals surface area contributed by atoms with E-state index in [-0.39, 0.29) is 36.3 Å². The highest BCUT2D eigenvalue weighted by Gasteiger charge is 2.31. The molecule has 0 aliphatic carbocycles. The van der Waals surface area contributed by atoms with Gasteiger partial charge in [0.05, 0.1) is 16.2 Å². The number of thiocarbonyl (C=S) groups is 1. The van der Waals surface area contributed by atoms with Gasteiger partial charge in [-0.05, 0) is 48.7 Å². The number of nitrogens with one attached hydrogen (secondary N) is 1. The van der Waals surface area contributed by atoms with Crippen LogP contribution in [-0.4, -0.2) is 45.4 Å². The van der Waals surface area contributed by atoms with Crippen LogP contribution in [0, 0.1) is 0 Å². The molecule has 1 fully saturated rings. The van der Waals surface area contributed by atoms with Crippen LogP contribution < -0.4 is 14.8 Å². The zero-order valence-electron chi connectivity index (χ0n) is 18.1. The Morgan fingerprint density at radius 2 is 1.91 bits per heavy atom. The molecule has 2 aromatic carbocycles. The maximum Gasteiger partial charge on any atom is 0.337 e. The molecule has 0 bridgehead atoms. The number of fused-ring (bicyclic) bond motifs is 1. The number of rotatable bonds is 9. The number of thioether (sulfide) groups is 1. The Kier molecular flexibility index (Phi) is 7.49. The number of nitrogens with zero attached hydrogens (tertiary/aromatic N) is 1. The summed E-state index contributed by atoms with van der Waals surface area (Å²) in [5.41, 5.74) is 1.17. The number of carbonyl (C=O) groups is 3. The first-order valence-corrected chi connectivity index (χ1v) is 11.9. The molecule has 2 amide bonds. The minimum absolute atomic E-state index is 0.0546. The Balaban J connectivity index is 1.23. The molecule has 34 heavy (non-hydrogen) atoms. The number of carbonyl (C=O) groups excluding carboxylic acids is 2. The molecule has 176 valence electrons. The molecule has 0 radical (unpaired) electrons. The first-order chi connectivity index (χ1) is 16.4. The highest BCUT2D eigenvalue weighted by Crippen LogP contribution is 2.36. The maximum absolute atomic E-state index is 12.8. The van der Waals surface area contributed by atoms with Gasteiger partial charge in [-0.2, -0.15) is 0 Å².